The molecule has 4 nitrogen and oxygen atoms in total. The van der Waals surface area contributed by atoms with Crippen molar-refractivity contribution in [3.05, 3.63) is 100.0 Å². The minimum Gasteiger partial charge on any atom is -0.492 e. The van der Waals surface area contributed by atoms with Gasteiger partial charge in [-0.3, -0.25) is 9.59 Å². The lowest BCUT2D eigenvalue weighted by Gasteiger charge is -2.19. The summed E-state index contributed by atoms with van der Waals surface area (Å²) in [6, 6.07) is 23.0. The standard InChI is InChI=1S/C27H25NO3S/c1-4-31-23-13-9-8-12-22(23)28-26(29)24(21-15-14-18(2)19(3)16-21)25(27(28)30)32-17-20-10-6-5-7-11-20/h5-16H,4,17H2,1-3H3. The van der Waals surface area contributed by atoms with Crippen LogP contribution in [0.15, 0.2) is 77.7 Å². The lowest BCUT2D eigenvalue weighted by atomic mass is 10.0. The highest BCUT2D eigenvalue weighted by atomic mass is 32.2. The predicted molar refractivity (Wildman–Crippen MR) is 131 cm³/mol. The maximum Gasteiger partial charge on any atom is 0.272 e. The Morgan fingerprint density at radius 1 is 0.844 bits per heavy atom. The molecule has 0 aliphatic carbocycles. The molecule has 0 spiro atoms. The summed E-state index contributed by atoms with van der Waals surface area (Å²) in [7, 11) is 0. The number of hydrogen-bond acceptors (Lipinski definition) is 4. The second-order valence-corrected chi connectivity index (χ2v) is 8.61. The smallest absolute Gasteiger partial charge is 0.272 e. The van der Waals surface area contributed by atoms with Crippen LogP contribution in [0.3, 0.4) is 0 Å². The Morgan fingerprint density at radius 3 is 2.28 bits per heavy atom. The highest BCUT2D eigenvalue weighted by molar-refractivity contribution is 8.03. The number of carbonyl (C=O) groups excluding carboxylic acids is 2. The Bertz CT molecular complexity index is 1200. The van der Waals surface area contributed by atoms with Crippen molar-refractivity contribution in [1.29, 1.82) is 0 Å². The highest BCUT2D eigenvalue weighted by Crippen LogP contribution is 2.42. The Balaban J connectivity index is 1.78. The molecule has 1 aliphatic heterocycles. The third-order valence-corrected chi connectivity index (χ3v) is 6.61. The van der Waals surface area contributed by atoms with Gasteiger partial charge in [-0.05, 0) is 55.2 Å². The third-order valence-electron chi connectivity index (χ3n) is 5.47. The Morgan fingerprint density at radius 2 is 1.56 bits per heavy atom. The molecule has 0 saturated carbocycles. The molecule has 1 aliphatic rings. The molecule has 0 atom stereocenters. The van der Waals surface area contributed by atoms with Crippen molar-refractivity contribution in [2.45, 2.75) is 26.5 Å². The van der Waals surface area contributed by atoms with E-state index in [1.165, 1.54) is 16.7 Å². The zero-order valence-corrected chi connectivity index (χ0v) is 19.2. The van der Waals surface area contributed by atoms with Gasteiger partial charge in [0, 0.05) is 5.75 Å². The minimum absolute atomic E-state index is 0.309. The van der Waals surface area contributed by atoms with E-state index >= 15 is 0 Å². The predicted octanol–water partition coefficient (Wildman–Crippen LogP) is 5.92. The van der Waals surface area contributed by atoms with E-state index in [2.05, 4.69) is 0 Å². The molecule has 0 aromatic heterocycles. The van der Waals surface area contributed by atoms with Crippen LogP contribution in [0.1, 0.15) is 29.2 Å². The number of rotatable bonds is 7. The normalized spacial score (nSPS) is 13.8. The number of amides is 2. The summed E-state index contributed by atoms with van der Waals surface area (Å²) in [6.07, 6.45) is 0. The summed E-state index contributed by atoms with van der Waals surface area (Å²) in [4.78, 5) is 29.0. The molecule has 0 radical (unpaired) electrons. The first-order chi connectivity index (χ1) is 15.5. The number of ether oxygens (including phenoxy) is 1. The molecule has 0 unspecified atom stereocenters. The second-order valence-electron chi connectivity index (χ2n) is 7.62. The molecule has 32 heavy (non-hydrogen) atoms. The van der Waals surface area contributed by atoms with E-state index in [1.54, 1.807) is 12.1 Å². The summed E-state index contributed by atoms with van der Waals surface area (Å²) in [5, 5.41) is 0. The van der Waals surface area contributed by atoms with Crippen LogP contribution < -0.4 is 9.64 Å². The summed E-state index contributed by atoms with van der Waals surface area (Å²) >= 11 is 1.41. The molecule has 2 amide bonds. The van der Waals surface area contributed by atoms with E-state index in [0.29, 0.717) is 34.3 Å². The first kappa shape index (κ1) is 21.9. The van der Waals surface area contributed by atoms with Gasteiger partial charge in [0.1, 0.15) is 5.75 Å². The van der Waals surface area contributed by atoms with Crippen molar-refractivity contribution in [2.75, 3.05) is 11.5 Å². The van der Waals surface area contributed by atoms with Gasteiger partial charge in [0.15, 0.2) is 0 Å². The van der Waals surface area contributed by atoms with Crippen LogP contribution in [0.4, 0.5) is 5.69 Å². The second kappa shape index (κ2) is 9.45. The highest BCUT2D eigenvalue weighted by Gasteiger charge is 2.41. The molecule has 3 aromatic rings. The first-order valence-corrected chi connectivity index (χ1v) is 11.6. The van der Waals surface area contributed by atoms with Gasteiger partial charge in [-0.15, -0.1) is 11.8 Å². The molecule has 0 fully saturated rings. The third kappa shape index (κ3) is 4.21. The van der Waals surface area contributed by atoms with E-state index in [0.717, 1.165) is 22.3 Å². The number of nitrogens with zero attached hydrogens (tertiary/aromatic N) is 1. The van der Waals surface area contributed by atoms with E-state index in [-0.39, 0.29) is 11.8 Å². The molecule has 3 aromatic carbocycles. The largest absolute Gasteiger partial charge is 0.492 e. The average molecular weight is 444 g/mol. The number of aryl methyl sites for hydroxylation is 2. The van der Waals surface area contributed by atoms with Crippen molar-refractivity contribution in [3.63, 3.8) is 0 Å². The van der Waals surface area contributed by atoms with Gasteiger partial charge >= 0.3 is 0 Å². The number of para-hydroxylation sites is 2. The molecule has 162 valence electrons. The van der Waals surface area contributed by atoms with Gasteiger partial charge in [-0.2, -0.15) is 0 Å². The summed E-state index contributed by atoms with van der Waals surface area (Å²) in [5.41, 5.74) is 5.00. The number of thioether (sulfide) groups is 1. The zero-order chi connectivity index (χ0) is 22.7. The summed E-state index contributed by atoms with van der Waals surface area (Å²) in [6.45, 7) is 6.37. The van der Waals surface area contributed by atoms with Crippen LogP contribution in [-0.2, 0) is 15.3 Å². The van der Waals surface area contributed by atoms with Crippen LogP contribution >= 0.6 is 11.8 Å². The van der Waals surface area contributed by atoms with Gasteiger partial charge in [-0.1, -0.05) is 60.7 Å². The van der Waals surface area contributed by atoms with Crippen LogP contribution in [-0.4, -0.2) is 18.4 Å². The van der Waals surface area contributed by atoms with Crippen molar-refractivity contribution < 1.29 is 14.3 Å². The molecule has 5 heteroatoms. The van der Waals surface area contributed by atoms with Crippen molar-refractivity contribution in [2.24, 2.45) is 0 Å². The van der Waals surface area contributed by atoms with E-state index in [4.69, 9.17) is 4.74 Å². The molecule has 0 bridgehead atoms. The fourth-order valence-electron chi connectivity index (χ4n) is 3.66. The van der Waals surface area contributed by atoms with Gasteiger partial charge in [0.25, 0.3) is 11.8 Å². The number of carbonyl (C=O) groups is 2. The Kier molecular flexibility index (Phi) is 6.47. The number of benzene rings is 3. The Labute approximate surface area is 192 Å². The zero-order valence-electron chi connectivity index (χ0n) is 18.4. The van der Waals surface area contributed by atoms with E-state index in [9.17, 15) is 9.59 Å². The van der Waals surface area contributed by atoms with Crippen molar-refractivity contribution >= 4 is 34.8 Å². The molecular weight excluding hydrogens is 418 g/mol. The topological polar surface area (TPSA) is 46.6 Å². The molecule has 0 N–H and O–H groups in total. The number of anilines is 1. The monoisotopic (exact) mass is 443 g/mol. The van der Waals surface area contributed by atoms with Gasteiger partial charge in [0.05, 0.1) is 22.8 Å². The van der Waals surface area contributed by atoms with Crippen LogP contribution in [0.25, 0.3) is 5.57 Å². The first-order valence-electron chi connectivity index (χ1n) is 10.6. The van der Waals surface area contributed by atoms with Crippen LogP contribution in [0.2, 0.25) is 0 Å². The lowest BCUT2D eigenvalue weighted by Crippen LogP contribution is -2.31. The molecule has 4 rings (SSSR count). The van der Waals surface area contributed by atoms with Gasteiger partial charge < -0.3 is 4.74 Å². The molecule has 0 saturated heterocycles. The van der Waals surface area contributed by atoms with E-state index in [1.807, 2.05) is 81.4 Å². The summed E-state index contributed by atoms with van der Waals surface area (Å²) in [5.74, 6) is 0.493. The van der Waals surface area contributed by atoms with Gasteiger partial charge in [-0.25, -0.2) is 4.90 Å². The van der Waals surface area contributed by atoms with Crippen LogP contribution in [0, 0.1) is 13.8 Å². The molecule has 1 heterocycles. The van der Waals surface area contributed by atoms with Crippen molar-refractivity contribution in [1.82, 2.24) is 0 Å². The maximum absolute atomic E-state index is 13.7. The van der Waals surface area contributed by atoms with Gasteiger partial charge in [0.2, 0.25) is 0 Å². The SMILES string of the molecule is CCOc1ccccc1N1C(=O)C(SCc2ccccc2)=C(c2ccc(C)c(C)c2)C1=O. The Hall–Kier alpha value is -3.31. The fourth-order valence-corrected chi connectivity index (χ4v) is 4.73. The number of imide groups is 1. The summed E-state index contributed by atoms with van der Waals surface area (Å²) < 4.78 is 5.71. The maximum atomic E-state index is 13.7. The van der Waals surface area contributed by atoms with Crippen LogP contribution in [0.5, 0.6) is 5.75 Å². The quantitative estimate of drug-likeness (QED) is 0.425. The fraction of sp³-hybridized carbons (Fsp3) is 0.185. The number of hydrogen-bond donors (Lipinski definition) is 0. The molecular formula is C27H25NO3S. The minimum atomic E-state index is -0.319. The average Bonchev–Trinajstić information content (AvgIpc) is 3.05. The van der Waals surface area contributed by atoms with E-state index < -0.39 is 0 Å². The lowest BCUT2D eigenvalue weighted by molar-refractivity contribution is -0.119. The van der Waals surface area contributed by atoms with Crippen molar-refractivity contribution in [3.8, 4) is 5.75 Å².